The van der Waals surface area contributed by atoms with Gasteiger partial charge in [0.1, 0.15) is 12.0 Å². The van der Waals surface area contributed by atoms with Gasteiger partial charge in [-0.1, -0.05) is 6.92 Å². The van der Waals surface area contributed by atoms with Crippen molar-refractivity contribution >= 4 is 17.9 Å². The molecule has 0 aromatic rings. The third-order valence-corrected chi connectivity index (χ3v) is 12.5. The number of carboxylic acid groups (broad SMARTS) is 1. The Balaban J connectivity index is 1.28. The van der Waals surface area contributed by atoms with E-state index < -0.39 is 76.2 Å². The number of carbonyl (C=O) groups excluding carboxylic acids is 2. The SMILES string of the molecule is COC(=O)[C@@]1(C)C[C@@H](C)O[C@H]1O[C@@H]1C[C@H]2CC[C@@H]3[C@H](CC[C@]4(C)[C@@H](C5=CC(=O)OC5)C[C@@H](O)[C@]34O)[C@@]2(C(=O)O)C[C@H]1O. The molecule has 6 rings (SSSR count). The van der Waals surface area contributed by atoms with Crippen molar-refractivity contribution in [1.29, 1.82) is 0 Å². The number of esters is 2. The van der Waals surface area contributed by atoms with Crippen LogP contribution in [0.1, 0.15) is 72.1 Å². The third kappa shape index (κ3) is 3.92. The second kappa shape index (κ2) is 9.99. The molecule has 0 amide bonds. The molecule has 234 valence electrons. The highest BCUT2D eigenvalue weighted by molar-refractivity contribution is 5.85. The molecule has 0 aromatic carbocycles. The number of aliphatic hydroxyl groups is 3. The highest BCUT2D eigenvalue weighted by atomic mass is 16.7. The molecule has 0 bridgehead atoms. The maximum atomic E-state index is 13.3. The van der Waals surface area contributed by atoms with Crippen LogP contribution >= 0.6 is 0 Å². The highest BCUT2D eigenvalue weighted by Gasteiger charge is 2.73. The summed E-state index contributed by atoms with van der Waals surface area (Å²) in [6, 6.07) is 0. The fourth-order valence-electron chi connectivity index (χ4n) is 10.4. The van der Waals surface area contributed by atoms with Gasteiger partial charge in [0.15, 0.2) is 6.29 Å². The summed E-state index contributed by atoms with van der Waals surface area (Å²) >= 11 is 0. The van der Waals surface area contributed by atoms with Crippen LogP contribution in [0.5, 0.6) is 0 Å². The monoisotopic (exact) mass is 592 g/mol. The van der Waals surface area contributed by atoms with Gasteiger partial charge in [-0.2, -0.15) is 0 Å². The van der Waals surface area contributed by atoms with Gasteiger partial charge in [0, 0.05) is 11.5 Å². The van der Waals surface area contributed by atoms with Gasteiger partial charge in [-0.3, -0.25) is 9.59 Å². The summed E-state index contributed by atoms with van der Waals surface area (Å²) < 4.78 is 22.4. The van der Waals surface area contributed by atoms with Crippen molar-refractivity contribution in [2.24, 2.45) is 39.9 Å². The van der Waals surface area contributed by atoms with Crippen molar-refractivity contribution in [3.8, 4) is 0 Å². The molecule has 13 atom stereocenters. The Hall–Kier alpha value is -2.05. The first-order chi connectivity index (χ1) is 19.7. The molecule has 11 nitrogen and oxygen atoms in total. The van der Waals surface area contributed by atoms with E-state index >= 15 is 0 Å². The zero-order chi connectivity index (χ0) is 30.4. The number of methoxy groups -OCH3 is 1. The zero-order valence-electron chi connectivity index (χ0n) is 24.8. The smallest absolute Gasteiger partial charge is 0.331 e. The van der Waals surface area contributed by atoms with Crippen LogP contribution in [-0.4, -0.2) is 88.4 Å². The molecule has 11 heteroatoms. The van der Waals surface area contributed by atoms with Crippen molar-refractivity contribution in [3.63, 3.8) is 0 Å². The molecule has 4 N–H and O–H groups in total. The number of ether oxygens (including phenoxy) is 4. The quantitative estimate of drug-likeness (QED) is 0.344. The average Bonchev–Trinajstić information content (AvgIpc) is 3.56. The number of rotatable bonds is 5. The molecule has 5 fully saturated rings. The lowest BCUT2D eigenvalue weighted by Crippen LogP contribution is -2.68. The molecular formula is C31H44O11. The predicted octanol–water partition coefficient (Wildman–Crippen LogP) is 1.95. The first-order valence-corrected chi connectivity index (χ1v) is 15.3. The fourth-order valence-corrected chi connectivity index (χ4v) is 10.4. The Kier molecular flexibility index (Phi) is 7.13. The number of fused-ring (bicyclic) bond motifs is 5. The minimum Gasteiger partial charge on any atom is -0.481 e. The molecular weight excluding hydrogens is 548 g/mol. The highest BCUT2D eigenvalue weighted by Crippen LogP contribution is 2.70. The summed E-state index contributed by atoms with van der Waals surface area (Å²) in [5.74, 6) is -3.43. The minimum atomic E-state index is -1.55. The molecule has 0 spiro atoms. The zero-order valence-corrected chi connectivity index (χ0v) is 24.8. The van der Waals surface area contributed by atoms with E-state index in [1.807, 2.05) is 13.8 Å². The van der Waals surface area contributed by atoms with E-state index in [-0.39, 0.29) is 43.8 Å². The van der Waals surface area contributed by atoms with E-state index in [1.54, 1.807) is 6.92 Å². The van der Waals surface area contributed by atoms with Crippen LogP contribution in [-0.2, 0) is 33.3 Å². The topological polar surface area (TPSA) is 169 Å². The van der Waals surface area contributed by atoms with E-state index in [4.69, 9.17) is 18.9 Å². The van der Waals surface area contributed by atoms with Crippen molar-refractivity contribution in [1.82, 2.24) is 0 Å². The molecule has 4 aliphatic carbocycles. The van der Waals surface area contributed by atoms with Gasteiger partial charge < -0.3 is 39.4 Å². The normalized spacial score (nSPS) is 51.6. The Bertz CT molecular complexity index is 1190. The molecule has 4 saturated carbocycles. The van der Waals surface area contributed by atoms with E-state index in [1.165, 1.54) is 13.2 Å². The lowest BCUT2D eigenvalue weighted by Gasteiger charge is -2.63. The minimum absolute atomic E-state index is 0.0597. The summed E-state index contributed by atoms with van der Waals surface area (Å²) in [7, 11) is 1.31. The summed E-state index contributed by atoms with van der Waals surface area (Å²) in [6.45, 7) is 5.66. The predicted molar refractivity (Wildman–Crippen MR) is 144 cm³/mol. The third-order valence-electron chi connectivity index (χ3n) is 12.5. The number of cyclic esters (lactones) is 1. The van der Waals surface area contributed by atoms with Gasteiger partial charge in [0.05, 0.1) is 42.5 Å². The first kappa shape index (κ1) is 30.0. The summed E-state index contributed by atoms with van der Waals surface area (Å²) in [5.41, 5.74) is -3.89. The van der Waals surface area contributed by atoms with Crippen LogP contribution in [0.4, 0.5) is 0 Å². The molecule has 42 heavy (non-hydrogen) atoms. The van der Waals surface area contributed by atoms with E-state index in [0.717, 1.165) is 5.57 Å². The lowest BCUT2D eigenvalue weighted by molar-refractivity contribution is -0.265. The number of carbonyl (C=O) groups is 3. The van der Waals surface area contributed by atoms with Gasteiger partial charge in [0.25, 0.3) is 0 Å². The number of hydrogen-bond donors (Lipinski definition) is 4. The summed E-state index contributed by atoms with van der Waals surface area (Å²) in [4.78, 5) is 37.8. The molecule has 0 aromatic heterocycles. The number of aliphatic hydroxyl groups excluding tert-OH is 2. The number of carboxylic acids is 1. The van der Waals surface area contributed by atoms with E-state index in [0.29, 0.717) is 32.1 Å². The maximum absolute atomic E-state index is 13.3. The van der Waals surface area contributed by atoms with Crippen LogP contribution in [0.15, 0.2) is 11.6 Å². The van der Waals surface area contributed by atoms with Gasteiger partial charge in [-0.15, -0.1) is 0 Å². The van der Waals surface area contributed by atoms with E-state index in [2.05, 4.69) is 0 Å². The van der Waals surface area contributed by atoms with Gasteiger partial charge in [-0.05, 0) is 94.5 Å². The second-order valence-electron chi connectivity index (χ2n) is 14.3. The van der Waals surface area contributed by atoms with Crippen molar-refractivity contribution in [2.75, 3.05) is 13.7 Å². The molecule has 0 unspecified atom stereocenters. The Morgan fingerprint density at radius 3 is 2.45 bits per heavy atom. The Morgan fingerprint density at radius 2 is 1.81 bits per heavy atom. The Labute approximate surface area is 245 Å². The molecule has 1 saturated heterocycles. The maximum Gasteiger partial charge on any atom is 0.331 e. The van der Waals surface area contributed by atoms with Crippen LogP contribution in [0.3, 0.4) is 0 Å². The van der Waals surface area contributed by atoms with Gasteiger partial charge in [-0.25, -0.2) is 4.79 Å². The van der Waals surface area contributed by atoms with Gasteiger partial charge >= 0.3 is 17.9 Å². The summed E-state index contributed by atoms with van der Waals surface area (Å²) in [5, 5.41) is 46.1. The van der Waals surface area contributed by atoms with Crippen LogP contribution in [0, 0.1) is 39.9 Å². The molecule has 0 radical (unpaired) electrons. The second-order valence-corrected chi connectivity index (χ2v) is 14.3. The largest absolute Gasteiger partial charge is 0.481 e. The number of hydrogen-bond acceptors (Lipinski definition) is 10. The van der Waals surface area contributed by atoms with Crippen LogP contribution < -0.4 is 0 Å². The van der Waals surface area contributed by atoms with Gasteiger partial charge in [0.2, 0.25) is 0 Å². The molecule has 2 aliphatic heterocycles. The average molecular weight is 593 g/mol. The Morgan fingerprint density at radius 1 is 1.07 bits per heavy atom. The van der Waals surface area contributed by atoms with Crippen LogP contribution in [0.2, 0.25) is 0 Å². The van der Waals surface area contributed by atoms with Crippen molar-refractivity contribution < 1.29 is 53.8 Å². The summed E-state index contributed by atoms with van der Waals surface area (Å²) in [6.07, 6.45) is 0.215. The van der Waals surface area contributed by atoms with Crippen molar-refractivity contribution in [2.45, 2.75) is 108 Å². The lowest BCUT2D eigenvalue weighted by atomic mass is 9.42. The van der Waals surface area contributed by atoms with E-state index in [9.17, 15) is 34.8 Å². The number of aliphatic carboxylic acids is 1. The standard InChI is InChI=1S/C31H44O11/c1-15-12-28(2,26(37)39-4)27(41-15)42-22-10-17-5-6-19-18(30(17,25(35)36)13-21(22)32)7-8-29(3)20(11-23(33)31(19,29)38)16-9-24(34)40-14-16/h9,15,17-23,27,32-33,38H,5-8,10-14H2,1-4H3,(H,35,36)/t15-,17-,18+,19-,20-,21-,22-,23-,27+,28-,29-,30-,31-/m1/s1. The fraction of sp³-hybridized carbons (Fsp3) is 0.839. The first-order valence-electron chi connectivity index (χ1n) is 15.3. The van der Waals surface area contributed by atoms with Crippen LogP contribution in [0.25, 0.3) is 0 Å². The molecule has 2 heterocycles. The molecule has 6 aliphatic rings. The van der Waals surface area contributed by atoms with Crippen molar-refractivity contribution in [3.05, 3.63) is 11.6 Å².